The molecule has 3 N–H and O–H groups in total. The summed E-state index contributed by atoms with van der Waals surface area (Å²) in [7, 11) is 0. The number of unbranched alkanes of at least 4 members (excludes halogenated alkanes) is 1. The van der Waals surface area contributed by atoms with E-state index in [0.29, 0.717) is 23.3 Å². The van der Waals surface area contributed by atoms with Crippen LogP contribution in [0.3, 0.4) is 0 Å². The second kappa shape index (κ2) is 10.6. The highest BCUT2D eigenvalue weighted by atomic mass is 35.5. The number of alkyl halides is 1. The van der Waals surface area contributed by atoms with Gasteiger partial charge in [-0.2, -0.15) is 0 Å². The standard InChI is InChI=1S/C23H32ClNO2/c1-3-23(2,19-9-13-21(27)14-10-19)22(6-4-5-16-25-17-15-24)18-7-11-20(26)12-8-18/h7-14,22,25-27H,3-6,15-17H2,1-2H3/t22-,23-/m1/s1. The predicted molar refractivity (Wildman–Crippen MR) is 114 cm³/mol. The highest BCUT2D eigenvalue weighted by Gasteiger charge is 2.35. The van der Waals surface area contributed by atoms with Gasteiger partial charge < -0.3 is 15.5 Å². The molecule has 0 saturated carbocycles. The summed E-state index contributed by atoms with van der Waals surface area (Å²) in [5.74, 6) is 1.57. The Hall–Kier alpha value is -1.71. The first-order valence-corrected chi connectivity index (χ1v) is 10.4. The Morgan fingerprint density at radius 3 is 2.07 bits per heavy atom. The molecule has 148 valence electrons. The molecule has 27 heavy (non-hydrogen) atoms. The van der Waals surface area contributed by atoms with Gasteiger partial charge in [0, 0.05) is 12.4 Å². The van der Waals surface area contributed by atoms with E-state index in [1.54, 1.807) is 24.3 Å². The van der Waals surface area contributed by atoms with E-state index < -0.39 is 0 Å². The molecule has 0 amide bonds. The summed E-state index contributed by atoms with van der Waals surface area (Å²) in [6.45, 7) is 6.37. The van der Waals surface area contributed by atoms with E-state index in [1.165, 1.54) is 11.1 Å². The Morgan fingerprint density at radius 1 is 0.926 bits per heavy atom. The third kappa shape index (κ3) is 5.88. The minimum atomic E-state index is -0.0474. The highest BCUT2D eigenvalue weighted by Crippen LogP contribution is 2.45. The summed E-state index contributed by atoms with van der Waals surface area (Å²) in [5.41, 5.74) is 2.44. The minimum absolute atomic E-state index is 0.0474. The van der Waals surface area contributed by atoms with Gasteiger partial charge in [-0.25, -0.2) is 0 Å². The van der Waals surface area contributed by atoms with E-state index in [2.05, 4.69) is 19.2 Å². The van der Waals surface area contributed by atoms with Gasteiger partial charge in [-0.15, -0.1) is 11.6 Å². The lowest BCUT2D eigenvalue weighted by atomic mass is 9.65. The van der Waals surface area contributed by atoms with Gasteiger partial charge in [0.2, 0.25) is 0 Å². The maximum absolute atomic E-state index is 9.70. The van der Waals surface area contributed by atoms with Crippen molar-refractivity contribution in [2.45, 2.75) is 50.9 Å². The zero-order chi connectivity index (χ0) is 19.7. The van der Waals surface area contributed by atoms with E-state index >= 15 is 0 Å². The summed E-state index contributed by atoms with van der Waals surface area (Å²) in [5, 5.41) is 22.7. The second-order valence-corrected chi connectivity index (χ2v) is 7.77. The third-order valence-electron chi connectivity index (χ3n) is 5.69. The van der Waals surface area contributed by atoms with Gasteiger partial charge in [0.1, 0.15) is 11.5 Å². The molecule has 0 radical (unpaired) electrons. The lowest BCUT2D eigenvalue weighted by Gasteiger charge is -2.38. The Bertz CT molecular complexity index is 672. The van der Waals surface area contributed by atoms with Crippen LogP contribution in [0.25, 0.3) is 0 Å². The Labute approximate surface area is 168 Å². The Morgan fingerprint density at radius 2 is 1.52 bits per heavy atom. The summed E-state index contributed by atoms with van der Waals surface area (Å²) < 4.78 is 0. The van der Waals surface area contributed by atoms with Gasteiger partial charge in [0.05, 0.1) is 0 Å². The molecular weight excluding hydrogens is 358 g/mol. The molecule has 0 aliphatic heterocycles. The molecule has 2 atom stereocenters. The summed E-state index contributed by atoms with van der Waals surface area (Å²) in [6.07, 6.45) is 4.29. The monoisotopic (exact) mass is 389 g/mol. The van der Waals surface area contributed by atoms with Crippen LogP contribution in [0.15, 0.2) is 48.5 Å². The summed E-state index contributed by atoms with van der Waals surface area (Å²) in [6, 6.07) is 15.2. The summed E-state index contributed by atoms with van der Waals surface area (Å²) >= 11 is 5.71. The van der Waals surface area contributed by atoms with E-state index in [4.69, 9.17) is 11.6 Å². The number of benzene rings is 2. The molecule has 0 aliphatic carbocycles. The number of phenolic OH excluding ortho intramolecular Hbond substituents is 2. The number of hydrogen-bond acceptors (Lipinski definition) is 3. The first kappa shape index (κ1) is 21.6. The largest absolute Gasteiger partial charge is 0.508 e. The fourth-order valence-corrected chi connectivity index (χ4v) is 3.98. The fourth-order valence-electron chi connectivity index (χ4n) is 3.84. The van der Waals surface area contributed by atoms with E-state index in [1.807, 2.05) is 24.3 Å². The first-order valence-electron chi connectivity index (χ1n) is 9.86. The van der Waals surface area contributed by atoms with Gasteiger partial charge in [-0.1, -0.05) is 44.5 Å². The van der Waals surface area contributed by atoms with Crippen molar-refractivity contribution in [2.24, 2.45) is 0 Å². The molecule has 4 heteroatoms. The van der Waals surface area contributed by atoms with Crippen LogP contribution in [0.4, 0.5) is 0 Å². The number of nitrogens with one attached hydrogen (secondary N) is 1. The molecule has 0 aliphatic rings. The fraction of sp³-hybridized carbons (Fsp3) is 0.478. The predicted octanol–water partition coefficient (Wildman–Crippen LogP) is 5.55. The van der Waals surface area contributed by atoms with Crippen LogP contribution in [0.2, 0.25) is 0 Å². The van der Waals surface area contributed by atoms with E-state index in [9.17, 15) is 10.2 Å². The zero-order valence-electron chi connectivity index (χ0n) is 16.4. The molecule has 0 spiro atoms. The normalized spacial score (nSPS) is 14.6. The molecule has 0 bridgehead atoms. The molecule has 3 nitrogen and oxygen atoms in total. The van der Waals surface area contributed by atoms with Crippen molar-refractivity contribution in [3.8, 4) is 11.5 Å². The van der Waals surface area contributed by atoms with E-state index in [0.717, 1.165) is 38.8 Å². The van der Waals surface area contributed by atoms with Gasteiger partial charge >= 0.3 is 0 Å². The molecule has 2 rings (SSSR count). The lowest BCUT2D eigenvalue weighted by Crippen LogP contribution is -2.30. The van der Waals surface area contributed by atoms with Crippen LogP contribution in [-0.2, 0) is 5.41 Å². The zero-order valence-corrected chi connectivity index (χ0v) is 17.2. The smallest absolute Gasteiger partial charge is 0.115 e. The lowest BCUT2D eigenvalue weighted by molar-refractivity contribution is 0.335. The SMILES string of the molecule is CC[C@](C)(c1ccc(O)cc1)[C@H](CCCCNCCCl)c1ccc(O)cc1. The van der Waals surface area contributed by atoms with Crippen molar-refractivity contribution >= 4 is 11.6 Å². The van der Waals surface area contributed by atoms with Crippen molar-refractivity contribution in [2.75, 3.05) is 19.0 Å². The van der Waals surface area contributed by atoms with Gasteiger partial charge in [0.15, 0.2) is 0 Å². The van der Waals surface area contributed by atoms with Crippen molar-refractivity contribution in [3.63, 3.8) is 0 Å². The van der Waals surface area contributed by atoms with Gasteiger partial charge in [0.25, 0.3) is 0 Å². The molecule has 0 unspecified atom stereocenters. The van der Waals surface area contributed by atoms with Crippen LogP contribution >= 0.6 is 11.6 Å². The van der Waals surface area contributed by atoms with Crippen molar-refractivity contribution in [1.29, 1.82) is 0 Å². The van der Waals surface area contributed by atoms with Crippen molar-refractivity contribution in [1.82, 2.24) is 5.32 Å². The highest BCUT2D eigenvalue weighted by molar-refractivity contribution is 6.18. The van der Waals surface area contributed by atoms with Gasteiger partial charge in [-0.3, -0.25) is 0 Å². The third-order valence-corrected chi connectivity index (χ3v) is 5.88. The number of rotatable bonds is 11. The van der Waals surface area contributed by atoms with Crippen molar-refractivity contribution in [3.05, 3.63) is 59.7 Å². The average molecular weight is 390 g/mol. The van der Waals surface area contributed by atoms with Crippen LogP contribution in [-0.4, -0.2) is 29.2 Å². The number of phenols is 2. The van der Waals surface area contributed by atoms with Crippen LogP contribution in [0.5, 0.6) is 11.5 Å². The molecular formula is C23H32ClNO2. The average Bonchev–Trinajstić information content (AvgIpc) is 2.68. The van der Waals surface area contributed by atoms with Crippen molar-refractivity contribution < 1.29 is 10.2 Å². The molecule has 0 fully saturated rings. The molecule has 0 aromatic heterocycles. The Kier molecular flexibility index (Phi) is 8.46. The number of halogens is 1. The summed E-state index contributed by atoms with van der Waals surface area (Å²) in [4.78, 5) is 0. The molecule has 2 aromatic rings. The Balaban J connectivity index is 2.23. The maximum atomic E-state index is 9.70. The first-order chi connectivity index (χ1) is 13.0. The minimum Gasteiger partial charge on any atom is -0.508 e. The van der Waals surface area contributed by atoms with Crippen LogP contribution < -0.4 is 5.32 Å². The van der Waals surface area contributed by atoms with E-state index in [-0.39, 0.29) is 5.41 Å². The molecule has 2 aromatic carbocycles. The molecule has 0 heterocycles. The van der Waals surface area contributed by atoms with Crippen LogP contribution in [0, 0.1) is 0 Å². The maximum Gasteiger partial charge on any atom is 0.115 e. The second-order valence-electron chi connectivity index (χ2n) is 7.40. The van der Waals surface area contributed by atoms with Crippen LogP contribution in [0.1, 0.15) is 56.6 Å². The van der Waals surface area contributed by atoms with Gasteiger partial charge in [-0.05, 0) is 72.5 Å². The number of hydrogen-bond donors (Lipinski definition) is 3. The number of aromatic hydroxyl groups is 2. The topological polar surface area (TPSA) is 52.5 Å². The molecule has 0 saturated heterocycles. The quantitative estimate of drug-likeness (QED) is 0.349.